The number of thioether (sulfide) groups is 1. The monoisotopic (exact) mass is 296 g/mol. The van der Waals surface area contributed by atoms with Crippen LogP contribution in [-0.4, -0.2) is 28.4 Å². The van der Waals surface area contributed by atoms with Gasteiger partial charge in [0.05, 0.1) is 6.42 Å². The molecule has 0 aliphatic heterocycles. The summed E-state index contributed by atoms with van der Waals surface area (Å²) in [5.74, 6) is 2.07. The van der Waals surface area contributed by atoms with Crippen molar-refractivity contribution in [3.8, 4) is 0 Å². The van der Waals surface area contributed by atoms with Gasteiger partial charge in [0, 0.05) is 17.4 Å². The lowest BCUT2D eigenvalue weighted by Gasteiger charge is -2.13. The van der Waals surface area contributed by atoms with E-state index in [9.17, 15) is 4.79 Å². The normalized spacial score (nSPS) is 11.9. The minimum Gasteiger partial charge on any atom is -0.389 e. The van der Waals surface area contributed by atoms with Crippen LogP contribution in [0.25, 0.3) is 0 Å². The van der Waals surface area contributed by atoms with E-state index in [-0.39, 0.29) is 11.9 Å². The molecular weight excluding hydrogens is 276 g/mol. The van der Waals surface area contributed by atoms with E-state index in [2.05, 4.69) is 12.2 Å². The van der Waals surface area contributed by atoms with E-state index in [0.29, 0.717) is 11.4 Å². The molecule has 0 radical (unpaired) electrons. The lowest BCUT2D eigenvalue weighted by atomic mass is 10.1. The maximum Gasteiger partial charge on any atom is 0.224 e. The van der Waals surface area contributed by atoms with Crippen LogP contribution in [0.4, 0.5) is 0 Å². The predicted molar refractivity (Wildman–Crippen MR) is 86.6 cm³/mol. The molecule has 0 aliphatic carbocycles. The lowest BCUT2D eigenvalue weighted by molar-refractivity contribution is -0.120. The quantitative estimate of drug-likeness (QED) is 0.757. The van der Waals surface area contributed by atoms with E-state index in [1.807, 2.05) is 43.0 Å². The third kappa shape index (κ3) is 6.07. The van der Waals surface area contributed by atoms with Crippen LogP contribution in [0.15, 0.2) is 24.3 Å². The Morgan fingerprint density at radius 3 is 2.58 bits per heavy atom. The molecule has 0 spiro atoms. The van der Waals surface area contributed by atoms with Crippen LogP contribution in [0, 0.1) is 0 Å². The van der Waals surface area contributed by atoms with Crippen molar-refractivity contribution in [2.24, 2.45) is 5.73 Å². The van der Waals surface area contributed by atoms with Crippen molar-refractivity contribution < 1.29 is 4.79 Å². The van der Waals surface area contributed by atoms with E-state index >= 15 is 0 Å². The van der Waals surface area contributed by atoms with Crippen LogP contribution in [0.5, 0.6) is 0 Å². The summed E-state index contributed by atoms with van der Waals surface area (Å²) in [6.07, 6.45) is 0.388. The minimum atomic E-state index is 0.0484. The number of carbonyl (C=O) groups is 1. The fourth-order valence-electron chi connectivity index (χ4n) is 1.63. The van der Waals surface area contributed by atoms with Crippen LogP contribution >= 0.6 is 24.0 Å². The molecule has 1 aromatic carbocycles. The number of carbonyl (C=O) groups excluding carboxylic acids is 1. The molecule has 1 atom stereocenters. The number of nitrogens with two attached hydrogens (primary N) is 1. The van der Waals surface area contributed by atoms with Gasteiger partial charge in [0.1, 0.15) is 4.99 Å². The number of hydrogen-bond acceptors (Lipinski definition) is 3. The van der Waals surface area contributed by atoms with Crippen LogP contribution in [0.2, 0.25) is 0 Å². The Kier molecular flexibility index (Phi) is 6.87. The van der Waals surface area contributed by atoms with Gasteiger partial charge in [-0.2, -0.15) is 11.8 Å². The summed E-state index contributed by atoms with van der Waals surface area (Å²) < 4.78 is 0. The van der Waals surface area contributed by atoms with E-state index < -0.39 is 0 Å². The zero-order valence-corrected chi connectivity index (χ0v) is 12.9. The average molecular weight is 296 g/mol. The zero-order chi connectivity index (χ0) is 14.3. The zero-order valence-electron chi connectivity index (χ0n) is 11.3. The largest absolute Gasteiger partial charge is 0.389 e. The summed E-state index contributed by atoms with van der Waals surface area (Å²) >= 11 is 6.71. The predicted octanol–water partition coefficient (Wildman–Crippen LogP) is 2.12. The van der Waals surface area contributed by atoms with Crippen molar-refractivity contribution in [2.75, 3.05) is 11.5 Å². The molecule has 0 heterocycles. The average Bonchev–Trinajstić information content (AvgIpc) is 2.36. The second-order valence-electron chi connectivity index (χ2n) is 4.37. The smallest absolute Gasteiger partial charge is 0.224 e. The molecule has 104 valence electrons. The SMILES string of the molecule is CCSCC(C)NC(=O)Cc1ccc(C(N)=S)cc1. The maximum atomic E-state index is 11.8. The van der Waals surface area contributed by atoms with Crippen molar-refractivity contribution >= 4 is 34.9 Å². The summed E-state index contributed by atoms with van der Waals surface area (Å²) in [5.41, 5.74) is 7.32. The van der Waals surface area contributed by atoms with Crippen molar-refractivity contribution in [3.63, 3.8) is 0 Å². The highest BCUT2D eigenvalue weighted by atomic mass is 32.2. The highest BCUT2D eigenvalue weighted by molar-refractivity contribution is 7.99. The number of nitrogens with one attached hydrogen (secondary N) is 1. The molecule has 0 bridgehead atoms. The summed E-state index contributed by atoms with van der Waals surface area (Å²) in [5, 5.41) is 2.99. The third-order valence-corrected chi connectivity index (χ3v) is 3.96. The van der Waals surface area contributed by atoms with Gasteiger partial charge >= 0.3 is 0 Å². The number of amides is 1. The molecule has 3 nitrogen and oxygen atoms in total. The maximum absolute atomic E-state index is 11.8. The minimum absolute atomic E-state index is 0.0484. The van der Waals surface area contributed by atoms with E-state index in [4.69, 9.17) is 18.0 Å². The van der Waals surface area contributed by atoms with Gasteiger partial charge in [0.15, 0.2) is 0 Å². The van der Waals surface area contributed by atoms with Crippen molar-refractivity contribution in [2.45, 2.75) is 26.3 Å². The number of hydrogen-bond donors (Lipinski definition) is 2. The molecule has 1 amide bonds. The molecule has 19 heavy (non-hydrogen) atoms. The topological polar surface area (TPSA) is 55.1 Å². The second kappa shape index (κ2) is 8.17. The fourth-order valence-corrected chi connectivity index (χ4v) is 2.44. The Hall–Kier alpha value is -1.07. The molecule has 5 heteroatoms. The van der Waals surface area contributed by atoms with Gasteiger partial charge in [-0.05, 0) is 18.2 Å². The van der Waals surface area contributed by atoms with Crippen LogP contribution in [0.1, 0.15) is 25.0 Å². The molecule has 0 fully saturated rings. The molecular formula is C14H20N2OS2. The Morgan fingerprint density at radius 2 is 2.05 bits per heavy atom. The van der Waals surface area contributed by atoms with Crippen LogP contribution in [-0.2, 0) is 11.2 Å². The first-order chi connectivity index (χ1) is 9.02. The lowest BCUT2D eigenvalue weighted by Crippen LogP contribution is -2.35. The Morgan fingerprint density at radius 1 is 1.42 bits per heavy atom. The molecule has 0 saturated heterocycles. The Labute approximate surface area is 124 Å². The van der Waals surface area contributed by atoms with Gasteiger partial charge in [-0.3, -0.25) is 4.79 Å². The van der Waals surface area contributed by atoms with Crippen molar-refractivity contribution in [1.82, 2.24) is 5.32 Å². The number of thiocarbonyl (C=S) groups is 1. The molecule has 3 N–H and O–H groups in total. The number of benzene rings is 1. The molecule has 1 aromatic rings. The van der Waals surface area contributed by atoms with Gasteiger partial charge in [-0.15, -0.1) is 0 Å². The first-order valence-electron chi connectivity index (χ1n) is 6.28. The van der Waals surface area contributed by atoms with E-state index in [1.54, 1.807) is 0 Å². The van der Waals surface area contributed by atoms with Gasteiger partial charge in [0.25, 0.3) is 0 Å². The van der Waals surface area contributed by atoms with Crippen molar-refractivity contribution in [1.29, 1.82) is 0 Å². The first-order valence-corrected chi connectivity index (χ1v) is 7.85. The van der Waals surface area contributed by atoms with Crippen LogP contribution < -0.4 is 11.1 Å². The van der Waals surface area contributed by atoms with E-state index in [0.717, 1.165) is 22.6 Å². The summed E-state index contributed by atoms with van der Waals surface area (Å²) in [6, 6.07) is 7.68. The van der Waals surface area contributed by atoms with Gasteiger partial charge in [0.2, 0.25) is 5.91 Å². The summed E-state index contributed by atoms with van der Waals surface area (Å²) in [4.78, 5) is 12.2. The highest BCUT2D eigenvalue weighted by Crippen LogP contribution is 2.06. The summed E-state index contributed by atoms with van der Waals surface area (Å²) in [6.45, 7) is 4.14. The number of rotatable bonds is 7. The molecule has 0 saturated carbocycles. The second-order valence-corrected chi connectivity index (χ2v) is 6.12. The standard InChI is InChI=1S/C14H20N2OS2/c1-3-19-9-10(2)16-13(17)8-11-4-6-12(7-5-11)14(15)18/h4-7,10H,3,8-9H2,1-2H3,(H2,15,18)(H,16,17). The fraction of sp³-hybridized carbons (Fsp3) is 0.429. The molecule has 0 aliphatic rings. The van der Waals surface area contributed by atoms with Crippen LogP contribution in [0.3, 0.4) is 0 Å². The Balaban J connectivity index is 2.45. The van der Waals surface area contributed by atoms with Gasteiger partial charge in [-0.1, -0.05) is 43.4 Å². The Bertz CT molecular complexity index is 432. The first kappa shape index (κ1) is 16.0. The van der Waals surface area contributed by atoms with E-state index in [1.165, 1.54) is 0 Å². The summed E-state index contributed by atoms with van der Waals surface area (Å²) in [7, 11) is 0. The van der Waals surface area contributed by atoms with Gasteiger partial charge < -0.3 is 11.1 Å². The molecule has 1 unspecified atom stereocenters. The molecule has 1 rings (SSSR count). The highest BCUT2D eigenvalue weighted by Gasteiger charge is 2.08. The third-order valence-electron chi connectivity index (χ3n) is 2.58. The molecule has 0 aromatic heterocycles. The van der Waals surface area contributed by atoms with Gasteiger partial charge in [-0.25, -0.2) is 0 Å². The van der Waals surface area contributed by atoms with Crippen molar-refractivity contribution in [3.05, 3.63) is 35.4 Å².